The molecule has 1 fully saturated rings. The van der Waals surface area contributed by atoms with Crippen molar-refractivity contribution in [1.29, 1.82) is 0 Å². The molecular formula is C13H23NO7. The van der Waals surface area contributed by atoms with Crippen LogP contribution in [0.15, 0.2) is 0 Å². The van der Waals surface area contributed by atoms with Crippen LogP contribution >= 0.6 is 0 Å². The molecule has 1 aliphatic heterocycles. The van der Waals surface area contributed by atoms with Crippen LogP contribution in [0.4, 0.5) is 4.79 Å². The molecule has 1 rings (SSSR count). The number of hydrogen-bond acceptors (Lipinski definition) is 6. The third-order valence-corrected chi connectivity index (χ3v) is 3.14. The molecule has 0 aromatic heterocycles. The molecule has 8 heteroatoms. The van der Waals surface area contributed by atoms with Crippen molar-refractivity contribution in [3.8, 4) is 0 Å². The number of carbonyl (C=O) groups is 2. The maximum absolute atomic E-state index is 11.8. The number of cyclic esters (lactones) is 1. The Hall–Kier alpha value is -1.38. The number of carboxylic acid groups (broad SMARTS) is 1. The second kappa shape index (κ2) is 8.81. The summed E-state index contributed by atoms with van der Waals surface area (Å²) in [7, 11) is 0. The van der Waals surface area contributed by atoms with E-state index in [1.807, 2.05) is 12.2 Å². The normalized spacial score (nSPS) is 30.7. The van der Waals surface area contributed by atoms with Crippen LogP contribution in [0.25, 0.3) is 0 Å². The molecule has 0 aliphatic carbocycles. The minimum absolute atomic E-state index is 0.0592. The SMILES string of the molecule is CCCCO[C@H]1COC[C@H](NC(=O)O)C(=O)O[C@@H](C)[C@@H]1O. The molecule has 1 amide bonds. The molecule has 0 radical (unpaired) electrons. The second-order valence-corrected chi connectivity index (χ2v) is 4.93. The Morgan fingerprint density at radius 1 is 1.48 bits per heavy atom. The van der Waals surface area contributed by atoms with E-state index in [9.17, 15) is 14.7 Å². The van der Waals surface area contributed by atoms with Crippen molar-refractivity contribution in [2.75, 3.05) is 19.8 Å². The lowest BCUT2D eigenvalue weighted by atomic mass is 10.1. The minimum atomic E-state index is -1.34. The first kappa shape index (κ1) is 17.7. The van der Waals surface area contributed by atoms with E-state index in [1.165, 1.54) is 6.92 Å². The molecule has 21 heavy (non-hydrogen) atoms. The number of amides is 1. The number of hydrogen-bond donors (Lipinski definition) is 3. The van der Waals surface area contributed by atoms with Gasteiger partial charge < -0.3 is 29.7 Å². The molecule has 0 aromatic carbocycles. The Balaban J connectivity index is 2.67. The highest BCUT2D eigenvalue weighted by Crippen LogP contribution is 2.13. The molecule has 0 aromatic rings. The number of ether oxygens (including phenoxy) is 3. The molecule has 122 valence electrons. The number of nitrogens with one attached hydrogen (secondary N) is 1. The zero-order valence-corrected chi connectivity index (χ0v) is 12.3. The van der Waals surface area contributed by atoms with Gasteiger partial charge in [-0.05, 0) is 13.3 Å². The van der Waals surface area contributed by atoms with Crippen molar-refractivity contribution in [1.82, 2.24) is 5.32 Å². The van der Waals surface area contributed by atoms with Crippen molar-refractivity contribution in [2.24, 2.45) is 0 Å². The van der Waals surface area contributed by atoms with Crippen LogP contribution < -0.4 is 5.32 Å². The van der Waals surface area contributed by atoms with Gasteiger partial charge in [0.15, 0.2) is 6.04 Å². The van der Waals surface area contributed by atoms with Gasteiger partial charge in [0.2, 0.25) is 0 Å². The van der Waals surface area contributed by atoms with E-state index in [2.05, 4.69) is 0 Å². The standard InChI is InChI=1S/C13H23NO7/c1-3-4-5-20-10-7-19-6-9(14-13(17)18)12(16)21-8(2)11(10)15/h8-11,14-15H,3-7H2,1-2H3,(H,17,18)/t8-,9-,10-,11-/m0/s1. The van der Waals surface area contributed by atoms with Crippen molar-refractivity contribution in [2.45, 2.75) is 51.0 Å². The Kier molecular flexibility index (Phi) is 7.41. The first-order valence-electron chi connectivity index (χ1n) is 7.03. The van der Waals surface area contributed by atoms with Crippen LogP contribution in [0.5, 0.6) is 0 Å². The summed E-state index contributed by atoms with van der Waals surface area (Å²) in [6.45, 7) is 3.91. The molecule has 0 saturated carbocycles. The molecule has 0 spiro atoms. The Morgan fingerprint density at radius 2 is 2.19 bits per heavy atom. The van der Waals surface area contributed by atoms with Gasteiger partial charge in [-0.15, -0.1) is 0 Å². The van der Waals surface area contributed by atoms with Gasteiger partial charge in [0.25, 0.3) is 0 Å². The van der Waals surface area contributed by atoms with Crippen LogP contribution in [0, 0.1) is 0 Å². The van der Waals surface area contributed by atoms with E-state index in [4.69, 9.17) is 19.3 Å². The van der Waals surface area contributed by atoms with Gasteiger partial charge in [0, 0.05) is 6.61 Å². The average molecular weight is 305 g/mol. The highest BCUT2D eigenvalue weighted by atomic mass is 16.6. The van der Waals surface area contributed by atoms with E-state index in [1.54, 1.807) is 0 Å². The fourth-order valence-corrected chi connectivity index (χ4v) is 1.88. The van der Waals surface area contributed by atoms with Gasteiger partial charge in [-0.25, -0.2) is 9.59 Å². The lowest BCUT2D eigenvalue weighted by Gasteiger charge is -2.26. The summed E-state index contributed by atoms with van der Waals surface area (Å²) >= 11 is 0. The van der Waals surface area contributed by atoms with Crippen LogP contribution in [-0.4, -0.2) is 66.4 Å². The molecule has 1 heterocycles. The number of aliphatic hydroxyl groups excluding tert-OH is 1. The van der Waals surface area contributed by atoms with Gasteiger partial charge in [0.1, 0.15) is 18.3 Å². The summed E-state index contributed by atoms with van der Waals surface area (Å²) in [5.41, 5.74) is 0. The molecule has 0 unspecified atom stereocenters. The van der Waals surface area contributed by atoms with Gasteiger partial charge >= 0.3 is 12.1 Å². The first-order valence-corrected chi connectivity index (χ1v) is 7.03. The minimum Gasteiger partial charge on any atom is -0.465 e. The van der Waals surface area contributed by atoms with Crippen LogP contribution in [0.3, 0.4) is 0 Å². The lowest BCUT2D eigenvalue weighted by molar-refractivity contribution is -0.161. The number of aliphatic hydroxyl groups is 1. The zero-order chi connectivity index (χ0) is 15.8. The third kappa shape index (κ3) is 5.86. The molecule has 3 N–H and O–H groups in total. The van der Waals surface area contributed by atoms with Gasteiger partial charge in [0.05, 0.1) is 13.2 Å². The third-order valence-electron chi connectivity index (χ3n) is 3.14. The van der Waals surface area contributed by atoms with E-state index >= 15 is 0 Å². The quantitative estimate of drug-likeness (QED) is 0.488. The fourth-order valence-electron chi connectivity index (χ4n) is 1.88. The smallest absolute Gasteiger partial charge is 0.405 e. The van der Waals surface area contributed by atoms with Gasteiger partial charge in [-0.1, -0.05) is 13.3 Å². The van der Waals surface area contributed by atoms with Crippen LogP contribution in [0.1, 0.15) is 26.7 Å². The fraction of sp³-hybridized carbons (Fsp3) is 0.846. The highest BCUT2D eigenvalue weighted by molar-refractivity contribution is 5.81. The second-order valence-electron chi connectivity index (χ2n) is 4.93. The Bertz CT molecular complexity index is 349. The van der Waals surface area contributed by atoms with E-state index in [-0.39, 0.29) is 13.2 Å². The number of unbranched alkanes of at least 4 members (excludes halogenated alkanes) is 1. The molecule has 1 saturated heterocycles. The monoisotopic (exact) mass is 305 g/mol. The predicted molar refractivity (Wildman–Crippen MR) is 72.0 cm³/mol. The van der Waals surface area contributed by atoms with Gasteiger partial charge in [-0.2, -0.15) is 0 Å². The summed E-state index contributed by atoms with van der Waals surface area (Å²) in [5, 5.41) is 20.8. The van der Waals surface area contributed by atoms with Crippen molar-refractivity contribution in [3.63, 3.8) is 0 Å². The average Bonchev–Trinajstić information content (AvgIpc) is 2.46. The Labute approximate surface area is 123 Å². The number of rotatable bonds is 5. The summed E-state index contributed by atoms with van der Waals surface area (Å²) in [5.74, 6) is -0.779. The van der Waals surface area contributed by atoms with Gasteiger partial charge in [-0.3, -0.25) is 0 Å². The molecular weight excluding hydrogens is 282 g/mol. The van der Waals surface area contributed by atoms with E-state index in [0.29, 0.717) is 6.61 Å². The van der Waals surface area contributed by atoms with E-state index in [0.717, 1.165) is 12.8 Å². The predicted octanol–water partition coefficient (Wildman–Crippen LogP) is 0.131. The molecule has 8 nitrogen and oxygen atoms in total. The van der Waals surface area contributed by atoms with E-state index < -0.39 is 36.4 Å². The molecule has 4 atom stereocenters. The molecule has 0 bridgehead atoms. The topological polar surface area (TPSA) is 114 Å². The van der Waals surface area contributed by atoms with Crippen molar-refractivity contribution >= 4 is 12.1 Å². The van der Waals surface area contributed by atoms with Crippen LogP contribution in [-0.2, 0) is 19.0 Å². The zero-order valence-electron chi connectivity index (χ0n) is 12.3. The summed E-state index contributed by atoms with van der Waals surface area (Å²) < 4.78 is 15.9. The Morgan fingerprint density at radius 3 is 2.81 bits per heavy atom. The van der Waals surface area contributed by atoms with Crippen LogP contribution in [0.2, 0.25) is 0 Å². The highest BCUT2D eigenvalue weighted by Gasteiger charge is 2.33. The number of carbonyl (C=O) groups excluding carboxylic acids is 1. The summed E-state index contributed by atoms with van der Waals surface area (Å²) in [4.78, 5) is 22.4. The van der Waals surface area contributed by atoms with Crippen molar-refractivity contribution in [3.05, 3.63) is 0 Å². The number of esters is 1. The summed E-state index contributed by atoms with van der Waals surface area (Å²) in [6, 6.07) is -1.12. The summed E-state index contributed by atoms with van der Waals surface area (Å²) in [6.07, 6.45) is -2.01. The largest absolute Gasteiger partial charge is 0.465 e. The lowest BCUT2D eigenvalue weighted by Crippen LogP contribution is -2.46. The first-order chi connectivity index (χ1) is 9.95. The van der Waals surface area contributed by atoms with Crippen molar-refractivity contribution < 1.29 is 34.0 Å². The molecule has 1 aliphatic rings. The maximum atomic E-state index is 11.8. The maximum Gasteiger partial charge on any atom is 0.405 e.